The minimum absolute atomic E-state index is 0.164. The third kappa shape index (κ3) is 2.84. The van der Waals surface area contributed by atoms with E-state index in [0.29, 0.717) is 16.6 Å². The van der Waals surface area contributed by atoms with Crippen molar-refractivity contribution >= 4 is 11.0 Å². The molecule has 0 fully saturated rings. The van der Waals surface area contributed by atoms with Crippen LogP contribution in [0.1, 0.15) is 51.8 Å². The second-order valence-corrected chi connectivity index (χ2v) is 4.21. The molecule has 1 aromatic heterocycles. The maximum atomic E-state index is 14.1. The highest BCUT2D eigenvalue weighted by atomic mass is 19.1. The normalized spacial score (nSPS) is 10.4. The third-order valence-corrected chi connectivity index (χ3v) is 2.72. The van der Waals surface area contributed by atoms with Crippen LogP contribution in [0.15, 0.2) is 18.3 Å². The summed E-state index contributed by atoms with van der Waals surface area (Å²) in [6.07, 6.45) is 2.46. The highest BCUT2D eigenvalue weighted by molar-refractivity contribution is 5.75. The SMILES string of the molecule is CC.CCc1cnc2c(F)c(C(C)C)ccc2n1. The summed E-state index contributed by atoms with van der Waals surface area (Å²) in [5.74, 6) is -0.0697. The Labute approximate surface area is 108 Å². The van der Waals surface area contributed by atoms with E-state index in [1.807, 2.05) is 40.7 Å². The molecule has 0 bridgehead atoms. The number of fused-ring (bicyclic) bond motifs is 1. The van der Waals surface area contributed by atoms with E-state index in [9.17, 15) is 4.39 Å². The number of aryl methyl sites for hydroxylation is 1. The van der Waals surface area contributed by atoms with E-state index in [1.165, 1.54) is 0 Å². The number of rotatable bonds is 2. The van der Waals surface area contributed by atoms with Crippen molar-refractivity contribution in [3.8, 4) is 0 Å². The molecule has 2 aromatic rings. The van der Waals surface area contributed by atoms with Crippen molar-refractivity contribution < 1.29 is 4.39 Å². The van der Waals surface area contributed by atoms with Crippen molar-refractivity contribution in [2.24, 2.45) is 0 Å². The lowest BCUT2D eigenvalue weighted by molar-refractivity contribution is 0.606. The fourth-order valence-corrected chi connectivity index (χ4v) is 1.72. The van der Waals surface area contributed by atoms with E-state index in [2.05, 4.69) is 9.97 Å². The number of hydrogen-bond acceptors (Lipinski definition) is 2. The van der Waals surface area contributed by atoms with Crippen LogP contribution in [0.2, 0.25) is 0 Å². The van der Waals surface area contributed by atoms with Gasteiger partial charge >= 0.3 is 0 Å². The molecule has 0 N–H and O–H groups in total. The first-order chi connectivity index (χ1) is 8.63. The van der Waals surface area contributed by atoms with Crippen molar-refractivity contribution in [1.82, 2.24) is 9.97 Å². The zero-order valence-corrected chi connectivity index (χ0v) is 11.8. The van der Waals surface area contributed by atoms with Crippen LogP contribution >= 0.6 is 0 Å². The maximum Gasteiger partial charge on any atom is 0.154 e. The summed E-state index contributed by atoms with van der Waals surface area (Å²) in [7, 11) is 0. The van der Waals surface area contributed by atoms with Crippen LogP contribution in [0.4, 0.5) is 4.39 Å². The number of hydrogen-bond donors (Lipinski definition) is 0. The van der Waals surface area contributed by atoms with Gasteiger partial charge in [0.25, 0.3) is 0 Å². The third-order valence-electron chi connectivity index (χ3n) is 2.72. The number of aromatic nitrogens is 2. The van der Waals surface area contributed by atoms with E-state index < -0.39 is 0 Å². The number of halogens is 1. The van der Waals surface area contributed by atoms with Gasteiger partial charge in [0, 0.05) is 6.20 Å². The first kappa shape index (κ1) is 14.6. The second-order valence-electron chi connectivity index (χ2n) is 4.21. The van der Waals surface area contributed by atoms with E-state index >= 15 is 0 Å². The Balaban J connectivity index is 0.000000771. The lowest BCUT2D eigenvalue weighted by Crippen LogP contribution is -1.98. The molecule has 0 aliphatic carbocycles. The van der Waals surface area contributed by atoms with Crippen LogP contribution in [0, 0.1) is 5.82 Å². The summed E-state index contributed by atoms with van der Waals surface area (Å²) in [5, 5.41) is 0. The molecule has 0 aliphatic rings. The first-order valence-electron chi connectivity index (χ1n) is 6.57. The van der Waals surface area contributed by atoms with Crippen molar-refractivity contribution in [1.29, 1.82) is 0 Å². The summed E-state index contributed by atoms with van der Waals surface area (Å²) in [4.78, 5) is 8.51. The van der Waals surface area contributed by atoms with Crippen molar-refractivity contribution in [3.63, 3.8) is 0 Å². The van der Waals surface area contributed by atoms with Gasteiger partial charge in [-0.25, -0.2) is 14.4 Å². The molecule has 0 saturated heterocycles. The summed E-state index contributed by atoms with van der Waals surface area (Å²) in [6, 6.07) is 3.65. The molecule has 0 aliphatic heterocycles. The minimum Gasteiger partial charge on any atom is -0.250 e. The van der Waals surface area contributed by atoms with Gasteiger partial charge in [0.1, 0.15) is 5.52 Å². The van der Waals surface area contributed by atoms with Gasteiger partial charge in [-0.15, -0.1) is 0 Å². The smallest absolute Gasteiger partial charge is 0.154 e. The summed E-state index contributed by atoms with van der Waals surface area (Å²) in [5.41, 5.74) is 2.61. The van der Waals surface area contributed by atoms with Crippen LogP contribution in [0.3, 0.4) is 0 Å². The molecule has 98 valence electrons. The fraction of sp³-hybridized carbons (Fsp3) is 0.467. The molecular formula is C15H21FN2. The zero-order chi connectivity index (χ0) is 13.7. The Morgan fingerprint density at radius 3 is 2.44 bits per heavy atom. The van der Waals surface area contributed by atoms with Gasteiger partial charge in [-0.3, -0.25) is 0 Å². The number of benzene rings is 1. The quantitative estimate of drug-likeness (QED) is 0.783. The molecule has 0 amide bonds. The van der Waals surface area contributed by atoms with Crippen LogP contribution < -0.4 is 0 Å². The van der Waals surface area contributed by atoms with Gasteiger partial charge in [-0.2, -0.15) is 0 Å². The minimum atomic E-state index is -0.234. The molecule has 3 heteroatoms. The second kappa shape index (κ2) is 6.43. The molecule has 0 unspecified atom stereocenters. The van der Waals surface area contributed by atoms with Crippen LogP contribution in [-0.4, -0.2) is 9.97 Å². The lowest BCUT2D eigenvalue weighted by atomic mass is 10.0. The Bertz CT molecular complexity index is 521. The fourth-order valence-electron chi connectivity index (χ4n) is 1.72. The summed E-state index contributed by atoms with van der Waals surface area (Å²) >= 11 is 0. The molecule has 1 aromatic carbocycles. The average molecular weight is 248 g/mol. The van der Waals surface area contributed by atoms with Crippen LogP contribution in [0.5, 0.6) is 0 Å². The van der Waals surface area contributed by atoms with Gasteiger partial charge in [-0.05, 0) is 24.0 Å². The number of nitrogens with zero attached hydrogens (tertiary/aromatic N) is 2. The monoisotopic (exact) mass is 248 g/mol. The van der Waals surface area contributed by atoms with Gasteiger partial charge in [0.05, 0.1) is 11.2 Å². The Morgan fingerprint density at radius 1 is 1.22 bits per heavy atom. The van der Waals surface area contributed by atoms with E-state index in [0.717, 1.165) is 12.1 Å². The van der Waals surface area contributed by atoms with Gasteiger partial charge in [-0.1, -0.05) is 40.7 Å². The standard InChI is InChI=1S/C13H15FN2.C2H6/c1-4-9-7-15-13-11(16-9)6-5-10(8(2)3)12(13)14;1-2/h5-8H,4H2,1-3H3;1-2H3. The molecule has 2 nitrogen and oxygen atoms in total. The van der Waals surface area contributed by atoms with Gasteiger partial charge < -0.3 is 0 Å². The molecule has 0 atom stereocenters. The Hall–Kier alpha value is -1.51. The topological polar surface area (TPSA) is 25.8 Å². The van der Waals surface area contributed by atoms with Gasteiger partial charge in [0.2, 0.25) is 0 Å². The highest BCUT2D eigenvalue weighted by Crippen LogP contribution is 2.23. The highest BCUT2D eigenvalue weighted by Gasteiger charge is 2.12. The van der Waals surface area contributed by atoms with Crippen molar-refractivity contribution in [2.45, 2.75) is 47.0 Å². The molecule has 0 spiro atoms. The molecule has 2 rings (SSSR count). The van der Waals surface area contributed by atoms with Crippen molar-refractivity contribution in [2.75, 3.05) is 0 Å². The maximum absolute atomic E-state index is 14.1. The predicted octanol–water partition coefficient (Wildman–Crippen LogP) is 4.48. The molecule has 0 radical (unpaired) electrons. The largest absolute Gasteiger partial charge is 0.250 e. The summed E-state index contributed by atoms with van der Waals surface area (Å²) in [6.45, 7) is 9.95. The van der Waals surface area contributed by atoms with Crippen LogP contribution in [0.25, 0.3) is 11.0 Å². The van der Waals surface area contributed by atoms with Crippen molar-refractivity contribution in [3.05, 3.63) is 35.4 Å². The zero-order valence-electron chi connectivity index (χ0n) is 11.8. The van der Waals surface area contributed by atoms with Gasteiger partial charge in [0.15, 0.2) is 5.82 Å². The predicted molar refractivity (Wildman–Crippen MR) is 74.3 cm³/mol. The van der Waals surface area contributed by atoms with Crippen LogP contribution in [-0.2, 0) is 6.42 Å². The lowest BCUT2D eigenvalue weighted by Gasteiger charge is -2.08. The summed E-state index contributed by atoms with van der Waals surface area (Å²) < 4.78 is 14.1. The van der Waals surface area contributed by atoms with E-state index in [-0.39, 0.29) is 11.7 Å². The molecule has 0 saturated carbocycles. The Kier molecular flexibility index (Phi) is 5.20. The average Bonchev–Trinajstić information content (AvgIpc) is 2.40. The Morgan fingerprint density at radius 2 is 1.89 bits per heavy atom. The van der Waals surface area contributed by atoms with E-state index in [4.69, 9.17) is 0 Å². The first-order valence-corrected chi connectivity index (χ1v) is 6.57. The van der Waals surface area contributed by atoms with E-state index in [1.54, 1.807) is 12.3 Å². The molecular weight excluding hydrogens is 227 g/mol. The molecule has 18 heavy (non-hydrogen) atoms. The molecule has 1 heterocycles.